The van der Waals surface area contributed by atoms with Gasteiger partial charge in [0.25, 0.3) is 0 Å². The minimum Gasteiger partial charge on any atom is -0.481 e. The Morgan fingerprint density at radius 2 is 1.82 bits per heavy atom. The summed E-state index contributed by atoms with van der Waals surface area (Å²) in [5.74, 6) is -1.19. The summed E-state index contributed by atoms with van der Waals surface area (Å²) in [6.07, 6.45) is -0.127. The minimum absolute atomic E-state index is 0.0127. The zero-order chi connectivity index (χ0) is 9.07. The van der Waals surface area contributed by atoms with Crippen LogP contribution in [0.2, 0.25) is 0 Å². The van der Waals surface area contributed by atoms with Crippen molar-refractivity contribution in [2.75, 3.05) is 0 Å². The van der Waals surface area contributed by atoms with Crippen LogP contribution in [0.3, 0.4) is 0 Å². The van der Waals surface area contributed by atoms with Crippen molar-refractivity contribution in [3.63, 3.8) is 0 Å². The van der Waals surface area contributed by atoms with Crippen LogP contribution in [0.5, 0.6) is 0 Å². The van der Waals surface area contributed by atoms with Crippen LogP contribution in [0.1, 0.15) is 26.7 Å². The lowest BCUT2D eigenvalue weighted by Crippen LogP contribution is -2.41. The van der Waals surface area contributed by atoms with Gasteiger partial charge in [0.1, 0.15) is 0 Å². The van der Waals surface area contributed by atoms with Gasteiger partial charge < -0.3 is 10.8 Å². The summed E-state index contributed by atoms with van der Waals surface area (Å²) < 4.78 is 0. The van der Waals surface area contributed by atoms with Crippen LogP contribution < -0.4 is 5.73 Å². The van der Waals surface area contributed by atoms with Crippen molar-refractivity contribution >= 4 is 11.8 Å². The van der Waals surface area contributed by atoms with Crippen molar-refractivity contribution in [3.8, 4) is 0 Å². The second-order valence-corrected chi connectivity index (χ2v) is 3.04. The van der Waals surface area contributed by atoms with Crippen LogP contribution >= 0.6 is 0 Å². The monoisotopic (exact) mass is 159 g/mol. The number of ketones is 1. The van der Waals surface area contributed by atoms with Crippen molar-refractivity contribution in [1.82, 2.24) is 0 Å². The summed E-state index contributed by atoms with van der Waals surface area (Å²) in [6, 6.07) is 0. The fourth-order valence-electron chi connectivity index (χ4n) is 0.543. The highest BCUT2D eigenvalue weighted by Gasteiger charge is 2.21. The van der Waals surface area contributed by atoms with Crippen LogP contribution in [0, 0.1) is 0 Å². The van der Waals surface area contributed by atoms with Gasteiger partial charge in [-0.1, -0.05) is 0 Å². The quantitative estimate of drug-likeness (QED) is 0.612. The van der Waals surface area contributed by atoms with E-state index in [0.29, 0.717) is 0 Å². The molecule has 0 amide bonds. The summed E-state index contributed by atoms with van der Waals surface area (Å²) in [4.78, 5) is 21.0. The van der Waals surface area contributed by atoms with Crippen LogP contribution in [-0.2, 0) is 9.59 Å². The third-order valence-corrected chi connectivity index (χ3v) is 1.28. The third kappa shape index (κ3) is 4.50. The fourth-order valence-corrected chi connectivity index (χ4v) is 0.543. The van der Waals surface area contributed by atoms with E-state index in [4.69, 9.17) is 10.8 Å². The minimum atomic E-state index is -0.970. The van der Waals surface area contributed by atoms with Gasteiger partial charge >= 0.3 is 5.97 Å². The number of hydrogen-bond acceptors (Lipinski definition) is 3. The largest absolute Gasteiger partial charge is 0.481 e. The Bertz CT molecular complexity index is 169. The first-order valence-electron chi connectivity index (χ1n) is 3.38. The molecule has 4 nitrogen and oxygen atoms in total. The summed E-state index contributed by atoms with van der Waals surface area (Å²) in [6.45, 7) is 3.13. The number of carbonyl (C=O) groups excluding carboxylic acids is 1. The summed E-state index contributed by atoms with van der Waals surface area (Å²) in [5.41, 5.74) is 4.52. The van der Waals surface area contributed by atoms with Crippen LogP contribution in [0.25, 0.3) is 0 Å². The highest BCUT2D eigenvalue weighted by atomic mass is 16.4. The molecule has 0 aliphatic heterocycles. The Hall–Kier alpha value is -0.900. The Labute approximate surface area is 65.4 Å². The van der Waals surface area contributed by atoms with Crippen LogP contribution in [-0.4, -0.2) is 22.4 Å². The van der Waals surface area contributed by atoms with Gasteiger partial charge in [-0.3, -0.25) is 9.59 Å². The maximum absolute atomic E-state index is 11.0. The highest BCUT2D eigenvalue weighted by Crippen LogP contribution is 2.04. The Morgan fingerprint density at radius 1 is 1.36 bits per heavy atom. The zero-order valence-electron chi connectivity index (χ0n) is 6.76. The molecule has 0 atom stereocenters. The third-order valence-electron chi connectivity index (χ3n) is 1.28. The first-order valence-corrected chi connectivity index (χ1v) is 3.38. The lowest BCUT2D eigenvalue weighted by Gasteiger charge is -2.15. The Balaban J connectivity index is 3.80. The van der Waals surface area contributed by atoms with Crippen molar-refractivity contribution in [2.24, 2.45) is 5.73 Å². The lowest BCUT2D eigenvalue weighted by atomic mass is 9.97. The number of carboxylic acids is 1. The van der Waals surface area contributed by atoms with Gasteiger partial charge in [0.05, 0.1) is 12.0 Å². The van der Waals surface area contributed by atoms with Gasteiger partial charge in [0.15, 0.2) is 5.78 Å². The smallest absolute Gasteiger partial charge is 0.303 e. The molecule has 3 N–H and O–H groups in total. The van der Waals surface area contributed by atoms with Gasteiger partial charge in [-0.15, -0.1) is 0 Å². The Morgan fingerprint density at radius 3 is 2.09 bits per heavy atom. The lowest BCUT2D eigenvalue weighted by molar-refractivity contribution is -0.139. The molecule has 0 heterocycles. The molecule has 0 saturated heterocycles. The predicted octanol–water partition coefficient (Wildman–Crippen LogP) is 0.158. The first kappa shape index (κ1) is 10.1. The highest BCUT2D eigenvalue weighted by molar-refractivity contribution is 5.89. The average molecular weight is 159 g/mol. The second kappa shape index (κ2) is 3.48. The van der Waals surface area contributed by atoms with E-state index >= 15 is 0 Å². The van der Waals surface area contributed by atoms with Crippen molar-refractivity contribution < 1.29 is 14.7 Å². The molecule has 4 heteroatoms. The number of hydrogen-bond donors (Lipinski definition) is 2. The topological polar surface area (TPSA) is 80.4 Å². The number of aliphatic carboxylic acids is 1. The normalized spacial score (nSPS) is 11.2. The molecule has 64 valence electrons. The first-order chi connectivity index (χ1) is 4.84. The molecule has 0 bridgehead atoms. The Kier molecular flexibility index (Phi) is 3.19. The molecule has 0 spiro atoms. The molecule has 0 fully saturated rings. The SMILES string of the molecule is CC(C)(N)C(=O)CCC(=O)O. The molecule has 0 radical (unpaired) electrons. The zero-order valence-corrected chi connectivity index (χ0v) is 6.76. The van der Waals surface area contributed by atoms with E-state index in [1.165, 1.54) is 0 Å². The second-order valence-electron chi connectivity index (χ2n) is 3.04. The molecule has 0 unspecified atom stereocenters. The van der Waals surface area contributed by atoms with Gasteiger partial charge in [-0.25, -0.2) is 0 Å². The van der Waals surface area contributed by atoms with E-state index in [1.807, 2.05) is 0 Å². The van der Waals surface area contributed by atoms with E-state index in [2.05, 4.69) is 0 Å². The molecule has 0 saturated carbocycles. The van der Waals surface area contributed by atoms with Gasteiger partial charge in [-0.05, 0) is 13.8 Å². The van der Waals surface area contributed by atoms with Crippen molar-refractivity contribution in [3.05, 3.63) is 0 Å². The number of carboxylic acid groups (broad SMARTS) is 1. The fraction of sp³-hybridized carbons (Fsp3) is 0.714. The molecule has 0 aromatic heterocycles. The van der Waals surface area contributed by atoms with E-state index < -0.39 is 11.5 Å². The predicted molar refractivity (Wildman–Crippen MR) is 40.1 cm³/mol. The molecule has 0 aromatic rings. The summed E-state index contributed by atoms with van der Waals surface area (Å²) in [7, 11) is 0. The van der Waals surface area contributed by atoms with E-state index in [9.17, 15) is 9.59 Å². The van der Waals surface area contributed by atoms with E-state index in [1.54, 1.807) is 13.8 Å². The van der Waals surface area contributed by atoms with Gasteiger partial charge in [0, 0.05) is 6.42 Å². The molecular formula is C7H13NO3. The van der Waals surface area contributed by atoms with Gasteiger partial charge in [0.2, 0.25) is 0 Å². The summed E-state index contributed by atoms with van der Waals surface area (Å²) in [5, 5.41) is 8.24. The standard InChI is InChI=1S/C7H13NO3/c1-7(2,8)5(9)3-4-6(10)11/h3-4,8H2,1-2H3,(H,10,11). The van der Waals surface area contributed by atoms with Crippen LogP contribution in [0.4, 0.5) is 0 Å². The van der Waals surface area contributed by atoms with Crippen molar-refractivity contribution in [2.45, 2.75) is 32.2 Å². The summed E-state index contributed by atoms with van der Waals surface area (Å²) >= 11 is 0. The molecule has 0 rings (SSSR count). The number of Topliss-reactive ketones (excluding diaryl/α,β-unsaturated/α-hetero) is 1. The molecule has 11 heavy (non-hydrogen) atoms. The van der Waals surface area contributed by atoms with E-state index in [0.717, 1.165) is 0 Å². The number of rotatable bonds is 4. The molecule has 0 aromatic carbocycles. The average Bonchev–Trinajstić information content (AvgIpc) is 1.80. The molecule has 0 aliphatic rings. The number of nitrogens with two attached hydrogens (primary N) is 1. The van der Waals surface area contributed by atoms with Gasteiger partial charge in [-0.2, -0.15) is 0 Å². The maximum Gasteiger partial charge on any atom is 0.303 e. The van der Waals surface area contributed by atoms with Crippen LogP contribution in [0.15, 0.2) is 0 Å². The molecular weight excluding hydrogens is 146 g/mol. The maximum atomic E-state index is 11.0. The number of carbonyl (C=O) groups is 2. The van der Waals surface area contributed by atoms with Crippen molar-refractivity contribution in [1.29, 1.82) is 0 Å². The van der Waals surface area contributed by atoms with E-state index in [-0.39, 0.29) is 18.6 Å². The molecule has 0 aliphatic carbocycles.